The fourth-order valence-corrected chi connectivity index (χ4v) is 4.08. The molecular formula is C32H39N7O5. The van der Waals surface area contributed by atoms with Crippen molar-refractivity contribution < 1.29 is 23.7 Å². The molecule has 0 aliphatic rings. The number of amides is 1. The quantitative estimate of drug-likeness (QED) is 0.115. The second-order valence-electron chi connectivity index (χ2n) is 9.44. The van der Waals surface area contributed by atoms with Gasteiger partial charge >= 0.3 is 0 Å². The maximum absolute atomic E-state index is 12.0. The molecule has 0 aliphatic carbocycles. The largest absolute Gasteiger partial charge is 0.493 e. The van der Waals surface area contributed by atoms with Crippen molar-refractivity contribution in [3.8, 4) is 11.5 Å². The SMILES string of the molecule is COc1ccc(Nc2nc(NCCOCCOCCNC(=O)c3ccccc3)nc(NCCc3ccccc3)n2)cc1OC. The molecular weight excluding hydrogens is 562 g/mol. The number of carbonyl (C=O) groups is 1. The molecule has 1 amide bonds. The second-order valence-corrected chi connectivity index (χ2v) is 9.44. The zero-order chi connectivity index (χ0) is 30.8. The smallest absolute Gasteiger partial charge is 0.251 e. The zero-order valence-corrected chi connectivity index (χ0v) is 25.0. The van der Waals surface area contributed by atoms with Crippen molar-refractivity contribution in [3.63, 3.8) is 0 Å². The van der Waals surface area contributed by atoms with Crippen LogP contribution in [0.25, 0.3) is 0 Å². The van der Waals surface area contributed by atoms with Crippen molar-refractivity contribution in [2.75, 3.05) is 76.2 Å². The Kier molecular flexibility index (Phi) is 13.0. The molecule has 12 heteroatoms. The first-order chi connectivity index (χ1) is 21.6. The molecule has 232 valence electrons. The summed E-state index contributed by atoms with van der Waals surface area (Å²) in [5.74, 6) is 2.30. The van der Waals surface area contributed by atoms with E-state index >= 15 is 0 Å². The maximum Gasteiger partial charge on any atom is 0.251 e. The zero-order valence-electron chi connectivity index (χ0n) is 25.0. The fourth-order valence-electron chi connectivity index (χ4n) is 4.08. The van der Waals surface area contributed by atoms with Crippen molar-refractivity contribution in [1.29, 1.82) is 0 Å². The van der Waals surface area contributed by atoms with Gasteiger partial charge < -0.3 is 40.2 Å². The molecule has 0 saturated carbocycles. The number of anilines is 4. The van der Waals surface area contributed by atoms with Crippen molar-refractivity contribution in [2.24, 2.45) is 0 Å². The van der Waals surface area contributed by atoms with E-state index < -0.39 is 0 Å². The molecule has 1 aromatic heterocycles. The van der Waals surface area contributed by atoms with E-state index in [1.807, 2.05) is 54.6 Å². The Morgan fingerprint density at radius 1 is 0.659 bits per heavy atom. The molecule has 0 atom stereocenters. The first-order valence-electron chi connectivity index (χ1n) is 14.4. The Bertz CT molecular complexity index is 1430. The Morgan fingerprint density at radius 3 is 1.95 bits per heavy atom. The van der Waals surface area contributed by atoms with E-state index in [0.717, 1.165) is 12.1 Å². The highest BCUT2D eigenvalue weighted by atomic mass is 16.5. The number of methoxy groups -OCH3 is 2. The molecule has 3 aromatic carbocycles. The molecule has 44 heavy (non-hydrogen) atoms. The van der Waals surface area contributed by atoms with Crippen LogP contribution in [0, 0.1) is 0 Å². The molecule has 4 rings (SSSR count). The van der Waals surface area contributed by atoms with Crippen LogP contribution in [0.5, 0.6) is 11.5 Å². The standard InChI is InChI=1S/C32H39N7O5/c1-41-27-14-13-26(23-28(27)42-2)36-32-38-30(34-16-15-24-9-5-3-6-10-24)37-31(39-32)35-18-20-44-22-21-43-19-17-33-29(40)25-11-7-4-8-12-25/h3-14,23H,15-22H2,1-2H3,(H,33,40)(H3,34,35,36,37,38,39). The molecule has 1 heterocycles. The summed E-state index contributed by atoms with van der Waals surface area (Å²) in [6.07, 6.45) is 0.822. The van der Waals surface area contributed by atoms with Crippen LogP contribution in [0.15, 0.2) is 78.9 Å². The highest BCUT2D eigenvalue weighted by Crippen LogP contribution is 2.30. The number of hydrogen-bond donors (Lipinski definition) is 4. The first-order valence-corrected chi connectivity index (χ1v) is 14.4. The highest BCUT2D eigenvalue weighted by Gasteiger charge is 2.10. The third kappa shape index (κ3) is 10.7. The summed E-state index contributed by atoms with van der Waals surface area (Å²) in [5, 5.41) is 12.5. The summed E-state index contributed by atoms with van der Waals surface area (Å²) in [5.41, 5.74) is 2.58. The molecule has 4 aromatic rings. The molecule has 0 unspecified atom stereocenters. The van der Waals surface area contributed by atoms with Gasteiger partial charge in [0.25, 0.3) is 5.91 Å². The lowest BCUT2D eigenvalue weighted by atomic mass is 10.1. The van der Waals surface area contributed by atoms with E-state index in [4.69, 9.17) is 18.9 Å². The van der Waals surface area contributed by atoms with Gasteiger partial charge in [0.2, 0.25) is 17.8 Å². The summed E-state index contributed by atoms with van der Waals surface area (Å²) >= 11 is 0. The lowest BCUT2D eigenvalue weighted by Gasteiger charge is -2.13. The van der Waals surface area contributed by atoms with E-state index in [9.17, 15) is 4.79 Å². The number of nitrogens with zero attached hydrogens (tertiary/aromatic N) is 3. The number of carbonyl (C=O) groups excluding carboxylic acids is 1. The average Bonchev–Trinajstić information content (AvgIpc) is 3.06. The van der Waals surface area contributed by atoms with Gasteiger partial charge in [-0.3, -0.25) is 4.79 Å². The number of aromatic nitrogens is 3. The first kappa shape index (κ1) is 32.0. The van der Waals surface area contributed by atoms with Gasteiger partial charge in [0.05, 0.1) is 40.6 Å². The van der Waals surface area contributed by atoms with Crippen LogP contribution in [0.1, 0.15) is 15.9 Å². The van der Waals surface area contributed by atoms with Crippen molar-refractivity contribution >= 4 is 29.4 Å². The van der Waals surface area contributed by atoms with Gasteiger partial charge in [-0.1, -0.05) is 48.5 Å². The van der Waals surface area contributed by atoms with Crippen LogP contribution >= 0.6 is 0 Å². The Hall–Kier alpha value is -4.94. The van der Waals surface area contributed by atoms with Gasteiger partial charge in [-0.05, 0) is 36.2 Å². The predicted molar refractivity (Wildman–Crippen MR) is 170 cm³/mol. The van der Waals surface area contributed by atoms with Gasteiger partial charge in [-0.2, -0.15) is 15.0 Å². The number of ether oxygens (including phenoxy) is 4. The molecule has 0 saturated heterocycles. The van der Waals surface area contributed by atoms with Crippen molar-refractivity contribution in [2.45, 2.75) is 6.42 Å². The third-order valence-electron chi connectivity index (χ3n) is 6.28. The van der Waals surface area contributed by atoms with E-state index in [-0.39, 0.29) is 5.91 Å². The van der Waals surface area contributed by atoms with Crippen LogP contribution < -0.4 is 30.7 Å². The van der Waals surface area contributed by atoms with Crippen LogP contribution in [0.3, 0.4) is 0 Å². The van der Waals surface area contributed by atoms with Gasteiger partial charge in [0.1, 0.15) is 0 Å². The lowest BCUT2D eigenvalue weighted by molar-refractivity contribution is 0.0519. The van der Waals surface area contributed by atoms with Crippen LogP contribution in [-0.2, 0) is 15.9 Å². The third-order valence-corrected chi connectivity index (χ3v) is 6.28. The van der Waals surface area contributed by atoms with E-state index in [0.29, 0.717) is 81.0 Å². The number of rotatable bonds is 19. The predicted octanol–water partition coefficient (Wildman–Crippen LogP) is 4.16. The number of hydrogen-bond acceptors (Lipinski definition) is 11. The van der Waals surface area contributed by atoms with Gasteiger partial charge in [0.15, 0.2) is 11.5 Å². The molecule has 0 spiro atoms. The fraction of sp³-hybridized carbons (Fsp3) is 0.312. The summed E-state index contributed by atoms with van der Waals surface area (Å²) < 4.78 is 22.0. The normalized spacial score (nSPS) is 10.6. The summed E-state index contributed by atoms with van der Waals surface area (Å²) in [6.45, 7) is 3.23. The molecule has 12 nitrogen and oxygen atoms in total. The van der Waals surface area contributed by atoms with Crippen LogP contribution in [-0.4, -0.2) is 81.1 Å². The van der Waals surface area contributed by atoms with Gasteiger partial charge in [-0.25, -0.2) is 0 Å². The van der Waals surface area contributed by atoms with E-state index in [2.05, 4.69) is 48.4 Å². The molecule has 0 aliphatic heterocycles. The highest BCUT2D eigenvalue weighted by molar-refractivity contribution is 5.94. The maximum atomic E-state index is 12.0. The molecule has 4 N–H and O–H groups in total. The Morgan fingerprint density at radius 2 is 1.27 bits per heavy atom. The van der Waals surface area contributed by atoms with Crippen molar-refractivity contribution in [1.82, 2.24) is 20.3 Å². The van der Waals surface area contributed by atoms with Gasteiger partial charge in [0, 0.05) is 37.0 Å². The van der Waals surface area contributed by atoms with Crippen LogP contribution in [0.4, 0.5) is 23.5 Å². The topological polar surface area (TPSA) is 141 Å². The lowest BCUT2D eigenvalue weighted by Crippen LogP contribution is -2.27. The molecule has 0 radical (unpaired) electrons. The summed E-state index contributed by atoms with van der Waals surface area (Å²) in [7, 11) is 3.18. The number of nitrogens with one attached hydrogen (secondary N) is 4. The van der Waals surface area contributed by atoms with E-state index in [1.54, 1.807) is 26.4 Å². The van der Waals surface area contributed by atoms with Crippen LogP contribution in [0.2, 0.25) is 0 Å². The molecule has 0 bridgehead atoms. The minimum atomic E-state index is -0.119. The average molecular weight is 602 g/mol. The van der Waals surface area contributed by atoms with Crippen molar-refractivity contribution in [3.05, 3.63) is 90.0 Å². The van der Waals surface area contributed by atoms with E-state index in [1.165, 1.54) is 5.56 Å². The molecule has 0 fully saturated rings. The monoisotopic (exact) mass is 601 g/mol. The summed E-state index contributed by atoms with van der Waals surface area (Å²) in [6, 6.07) is 24.8. The minimum Gasteiger partial charge on any atom is -0.493 e. The minimum absolute atomic E-state index is 0.119. The Balaban J connectivity index is 1.22. The summed E-state index contributed by atoms with van der Waals surface area (Å²) in [4.78, 5) is 25.6. The second kappa shape index (κ2) is 17.9. The van der Waals surface area contributed by atoms with Gasteiger partial charge in [-0.15, -0.1) is 0 Å². The Labute approximate surface area is 257 Å². The number of benzene rings is 3.